The van der Waals surface area contributed by atoms with Crippen LogP contribution in [0.5, 0.6) is 0 Å². The number of rotatable bonds is 3. The first-order chi connectivity index (χ1) is 11.3. The van der Waals surface area contributed by atoms with Crippen molar-refractivity contribution in [3.8, 4) is 0 Å². The molecule has 0 aliphatic carbocycles. The number of carbonyl (C=O) groups excluding carboxylic acids is 1. The van der Waals surface area contributed by atoms with Crippen LogP contribution >= 0.6 is 0 Å². The van der Waals surface area contributed by atoms with E-state index in [1.54, 1.807) is 35.4 Å². The van der Waals surface area contributed by atoms with Crippen LogP contribution in [-0.2, 0) is 6.61 Å². The lowest BCUT2D eigenvalue weighted by atomic mass is 10.2. The second kappa shape index (κ2) is 7.06. The Morgan fingerprint density at radius 2 is 1.87 bits per heavy atom. The quantitative estimate of drug-likeness (QED) is 0.893. The molecule has 2 amide bonds. The molecule has 0 atom stereocenters. The summed E-state index contributed by atoms with van der Waals surface area (Å²) in [5, 5.41) is 19.9. The van der Waals surface area contributed by atoms with E-state index < -0.39 is 0 Å². The van der Waals surface area contributed by atoms with Crippen LogP contribution in [0.25, 0.3) is 0 Å². The summed E-state index contributed by atoms with van der Waals surface area (Å²) in [5.74, 6) is 0.840. The minimum atomic E-state index is -0.111. The predicted molar refractivity (Wildman–Crippen MR) is 87.2 cm³/mol. The Kier molecular flexibility index (Phi) is 4.68. The average molecular weight is 313 g/mol. The topological polar surface area (TPSA) is 81.6 Å². The summed E-state index contributed by atoms with van der Waals surface area (Å²) in [7, 11) is 0. The largest absolute Gasteiger partial charge is 0.392 e. The zero-order chi connectivity index (χ0) is 16.1. The number of anilines is 2. The molecule has 1 fully saturated rings. The second-order valence-corrected chi connectivity index (χ2v) is 5.34. The lowest BCUT2D eigenvalue weighted by Gasteiger charge is -2.35. The van der Waals surface area contributed by atoms with E-state index in [-0.39, 0.29) is 12.6 Å². The lowest BCUT2D eigenvalue weighted by molar-refractivity contribution is 0.208. The Morgan fingerprint density at radius 3 is 2.48 bits per heavy atom. The van der Waals surface area contributed by atoms with Crippen molar-refractivity contribution in [1.82, 2.24) is 15.1 Å². The highest BCUT2D eigenvalue weighted by Gasteiger charge is 2.21. The average Bonchev–Trinajstić information content (AvgIpc) is 2.63. The summed E-state index contributed by atoms with van der Waals surface area (Å²) >= 11 is 0. The van der Waals surface area contributed by atoms with Crippen molar-refractivity contribution in [3.63, 3.8) is 0 Å². The van der Waals surface area contributed by atoms with Crippen molar-refractivity contribution in [2.45, 2.75) is 6.61 Å². The number of hydrogen-bond acceptors (Lipinski definition) is 5. The van der Waals surface area contributed by atoms with E-state index >= 15 is 0 Å². The number of amides is 2. The van der Waals surface area contributed by atoms with Crippen LogP contribution in [-0.4, -0.2) is 52.4 Å². The number of nitrogens with zero attached hydrogens (tertiary/aromatic N) is 4. The molecule has 2 heterocycles. The van der Waals surface area contributed by atoms with Crippen molar-refractivity contribution in [3.05, 3.63) is 48.2 Å². The van der Waals surface area contributed by atoms with E-state index in [4.69, 9.17) is 5.11 Å². The fourth-order valence-electron chi connectivity index (χ4n) is 2.50. The van der Waals surface area contributed by atoms with Gasteiger partial charge in [-0.15, -0.1) is 5.10 Å². The van der Waals surface area contributed by atoms with E-state index in [0.29, 0.717) is 13.1 Å². The summed E-state index contributed by atoms with van der Waals surface area (Å²) in [6.07, 6.45) is 1.65. The van der Waals surface area contributed by atoms with Gasteiger partial charge >= 0.3 is 6.03 Å². The van der Waals surface area contributed by atoms with Crippen LogP contribution in [0.1, 0.15) is 5.56 Å². The minimum absolute atomic E-state index is 0.00142. The van der Waals surface area contributed by atoms with Crippen LogP contribution in [0, 0.1) is 0 Å². The van der Waals surface area contributed by atoms with Gasteiger partial charge in [0.25, 0.3) is 0 Å². The van der Waals surface area contributed by atoms with Crippen LogP contribution in [0.3, 0.4) is 0 Å². The maximum absolute atomic E-state index is 12.3. The molecule has 1 aliphatic heterocycles. The van der Waals surface area contributed by atoms with Gasteiger partial charge in [-0.05, 0) is 29.8 Å². The summed E-state index contributed by atoms with van der Waals surface area (Å²) < 4.78 is 0. The number of carbonyl (C=O) groups is 1. The second-order valence-electron chi connectivity index (χ2n) is 5.34. The number of benzene rings is 1. The van der Waals surface area contributed by atoms with Gasteiger partial charge in [-0.1, -0.05) is 12.1 Å². The monoisotopic (exact) mass is 313 g/mol. The van der Waals surface area contributed by atoms with E-state index in [9.17, 15) is 4.79 Å². The van der Waals surface area contributed by atoms with Crippen molar-refractivity contribution < 1.29 is 9.90 Å². The van der Waals surface area contributed by atoms with Crippen molar-refractivity contribution >= 4 is 17.5 Å². The fraction of sp³-hybridized carbons (Fsp3) is 0.312. The fourth-order valence-corrected chi connectivity index (χ4v) is 2.50. The molecule has 0 unspecified atom stereocenters. The smallest absolute Gasteiger partial charge is 0.321 e. The maximum atomic E-state index is 12.3. The van der Waals surface area contributed by atoms with Gasteiger partial charge in [-0.3, -0.25) is 0 Å². The zero-order valence-corrected chi connectivity index (χ0v) is 12.7. The molecule has 2 aromatic rings. The molecule has 1 aromatic heterocycles. The van der Waals surface area contributed by atoms with E-state index in [1.807, 2.05) is 12.1 Å². The van der Waals surface area contributed by atoms with Crippen molar-refractivity contribution in [2.24, 2.45) is 0 Å². The maximum Gasteiger partial charge on any atom is 0.321 e. The highest BCUT2D eigenvalue weighted by Crippen LogP contribution is 2.14. The summed E-state index contributed by atoms with van der Waals surface area (Å²) in [6, 6.07) is 10.8. The Hall–Kier alpha value is -2.67. The van der Waals surface area contributed by atoms with Crippen molar-refractivity contribution in [1.29, 1.82) is 0 Å². The number of aromatic nitrogens is 2. The Morgan fingerprint density at radius 1 is 1.13 bits per heavy atom. The third kappa shape index (κ3) is 3.75. The molecule has 1 aliphatic rings. The van der Waals surface area contributed by atoms with Gasteiger partial charge in [0.15, 0.2) is 5.82 Å². The van der Waals surface area contributed by atoms with E-state index in [0.717, 1.165) is 30.2 Å². The van der Waals surface area contributed by atoms with Gasteiger partial charge in [0, 0.05) is 38.1 Å². The first-order valence-corrected chi connectivity index (χ1v) is 7.54. The third-order valence-corrected chi connectivity index (χ3v) is 3.84. The molecule has 0 spiro atoms. The molecule has 1 saturated heterocycles. The Labute approximate surface area is 134 Å². The molecule has 3 rings (SSSR count). The molecule has 0 bridgehead atoms. The highest BCUT2D eigenvalue weighted by molar-refractivity contribution is 5.89. The highest BCUT2D eigenvalue weighted by atomic mass is 16.3. The third-order valence-electron chi connectivity index (χ3n) is 3.84. The standard InChI is InChI=1S/C16H19N5O2/c22-12-13-3-5-14(6-4-13)18-16(23)21-10-8-20(9-11-21)15-2-1-7-17-19-15/h1-7,22H,8-12H2,(H,18,23). The molecule has 0 saturated carbocycles. The SMILES string of the molecule is O=C(Nc1ccc(CO)cc1)N1CCN(c2cccnn2)CC1. The molecular formula is C16H19N5O2. The number of aliphatic hydroxyl groups is 1. The molecule has 2 N–H and O–H groups in total. The lowest BCUT2D eigenvalue weighted by Crippen LogP contribution is -2.50. The van der Waals surface area contributed by atoms with Crippen LogP contribution in [0.4, 0.5) is 16.3 Å². The summed E-state index contributed by atoms with van der Waals surface area (Å²) in [6.45, 7) is 2.73. The molecule has 0 radical (unpaired) electrons. The van der Waals surface area contributed by atoms with E-state index in [2.05, 4.69) is 20.4 Å². The summed E-state index contributed by atoms with van der Waals surface area (Å²) in [5.41, 5.74) is 1.55. The van der Waals surface area contributed by atoms with Gasteiger partial charge in [0.2, 0.25) is 0 Å². The van der Waals surface area contributed by atoms with Gasteiger partial charge in [0.05, 0.1) is 6.61 Å². The van der Waals surface area contributed by atoms with Crippen molar-refractivity contribution in [2.75, 3.05) is 36.4 Å². The molecular weight excluding hydrogens is 294 g/mol. The number of aliphatic hydroxyl groups excluding tert-OH is 1. The molecule has 120 valence electrons. The first-order valence-electron chi connectivity index (χ1n) is 7.54. The van der Waals surface area contributed by atoms with Crippen LogP contribution in [0.2, 0.25) is 0 Å². The van der Waals surface area contributed by atoms with Crippen LogP contribution < -0.4 is 10.2 Å². The van der Waals surface area contributed by atoms with Gasteiger partial charge in [0.1, 0.15) is 0 Å². The number of hydrogen-bond donors (Lipinski definition) is 2. The number of urea groups is 1. The Bertz CT molecular complexity index is 639. The normalized spacial score (nSPS) is 14.7. The number of piperazine rings is 1. The van der Waals surface area contributed by atoms with Gasteiger partial charge < -0.3 is 20.2 Å². The Balaban J connectivity index is 1.53. The van der Waals surface area contributed by atoms with E-state index in [1.165, 1.54) is 0 Å². The molecule has 7 heteroatoms. The number of nitrogens with one attached hydrogen (secondary N) is 1. The van der Waals surface area contributed by atoms with Crippen LogP contribution in [0.15, 0.2) is 42.6 Å². The first kappa shape index (κ1) is 15.2. The molecule has 23 heavy (non-hydrogen) atoms. The van der Waals surface area contributed by atoms with Gasteiger partial charge in [-0.2, -0.15) is 5.10 Å². The molecule has 1 aromatic carbocycles. The predicted octanol–water partition coefficient (Wildman–Crippen LogP) is 1.32. The zero-order valence-electron chi connectivity index (χ0n) is 12.7. The van der Waals surface area contributed by atoms with Gasteiger partial charge in [-0.25, -0.2) is 4.79 Å². The minimum Gasteiger partial charge on any atom is -0.392 e. The summed E-state index contributed by atoms with van der Waals surface area (Å²) in [4.78, 5) is 16.2. The molecule has 7 nitrogen and oxygen atoms in total.